The average molecular weight is 336 g/mol. The van der Waals surface area contributed by atoms with Gasteiger partial charge in [0, 0.05) is 5.66 Å². The zero-order valence-electron chi connectivity index (χ0n) is 14.5. The minimum absolute atomic E-state index is 0.188. The molecule has 0 fully saturated rings. The summed E-state index contributed by atoms with van der Waals surface area (Å²) < 4.78 is 22.9. The molecule has 7 nitrogen and oxygen atoms in total. The molecule has 0 bridgehead atoms. The van der Waals surface area contributed by atoms with Crippen molar-refractivity contribution < 1.29 is 23.6 Å². The summed E-state index contributed by atoms with van der Waals surface area (Å²) in [5, 5.41) is 5.47. The predicted molar refractivity (Wildman–Crippen MR) is 85.8 cm³/mol. The molecule has 0 radical (unpaired) electrons. The molecule has 2 atom stereocenters. The van der Waals surface area contributed by atoms with Crippen LogP contribution >= 0.6 is 7.44 Å². The maximum Gasteiger partial charge on any atom is 0.323 e. The molecular formula is C14H29N2O5P. The Labute approximate surface area is 133 Å². The van der Waals surface area contributed by atoms with Gasteiger partial charge in [-0.1, -0.05) is 13.8 Å². The molecule has 0 aromatic carbocycles. The Bertz CT molecular complexity index is 423. The van der Waals surface area contributed by atoms with Crippen LogP contribution in [0.2, 0.25) is 0 Å². The van der Waals surface area contributed by atoms with Crippen molar-refractivity contribution in [2.24, 2.45) is 0 Å². The van der Waals surface area contributed by atoms with Crippen molar-refractivity contribution in [3.63, 3.8) is 0 Å². The fourth-order valence-corrected chi connectivity index (χ4v) is 3.34. The van der Waals surface area contributed by atoms with E-state index in [1.54, 1.807) is 48.5 Å². The van der Waals surface area contributed by atoms with Crippen molar-refractivity contribution in [3.8, 4) is 0 Å². The van der Waals surface area contributed by atoms with E-state index in [2.05, 4.69) is 10.2 Å². The molecule has 0 heterocycles. The van der Waals surface area contributed by atoms with Gasteiger partial charge in [-0.15, -0.1) is 0 Å². The van der Waals surface area contributed by atoms with Crippen molar-refractivity contribution >= 4 is 19.4 Å². The van der Waals surface area contributed by atoms with Crippen LogP contribution < -0.4 is 10.2 Å². The Morgan fingerprint density at radius 1 is 0.955 bits per heavy atom. The number of carbonyl (C=O) groups excluding carboxylic acids is 2. The molecule has 1 unspecified atom stereocenters. The third-order valence-electron chi connectivity index (χ3n) is 2.64. The van der Waals surface area contributed by atoms with Crippen LogP contribution in [0.15, 0.2) is 0 Å². The molecule has 0 amide bonds. The molecule has 0 aromatic rings. The molecule has 22 heavy (non-hydrogen) atoms. The van der Waals surface area contributed by atoms with Crippen LogP contribution in [0.3, 0.4) is 0 Å². The first-order valence-corrected chi connectivity index (χ1v) is 9.28. The van der Waals surface area contributed by atoms with E-state index in [1.807, 2.05) is 0 Å². The van der Waals surface area contributed by atoms with Crippen LogP contribution in [0.25, 0.3) is 0 Å². The lowest BCUT2D eigenvalue weighted by atomic mass is 10.4. The number of esters is 2. The lowest BCUT2D eigenvalue weighted by molar-refractivity contribution is -0.149. The first kappa shape index (κ1) is 21.1. The van der Waals surface area contributed by atoms with Gasteiger partial charge in [-0.2, -0.15) is 0 Å². The number of rotatable bonds is 9. The SMILES string of the molecule is CC(C)OC(=O)CNP(=O)(N[C@@H](C)C(=O)OC(C)C)C(C)C. The second-order valence-electron chi connectivity index (χ2n) is 5.96. The molecule has 0 aliphatic rings. The highest BCUT2D eigenvalue weighted by Crippen LogP contribution is 2.42. The zero-order valence-corrected chi connectivity index (χ0v) is 15.4. The van der Waals surface area contributed by atoms with Gasteiger partial charge >= 0.3 is 11.9 Å². The smallest absolute Gasteiger partial charge is 0.323 e. The minimum Gasteiger partial charge on any atom is -0.462 e. The summed E-state index contributed by atoms with van der Waals surface area (Å²) in [7, 11) is -3.14. The number of nitrogens with one attached hydrogen (secondary N) is 2. The highest BCUT2D eigenvalue weighted by atomic mass is 31.2. The van der Waals surface area contributed by atoms with Crippen molar-refractivity contribution in [2.45, 2.75) is 72.4 Å². The van der Waals surface area contributed by atoms with Crippen molar-refractivity contribution in [3.05, 3.63) is 0 Å². The summed E-state index contributed by atoms with van der Waals surface area (Å²) in [4.78, 5) is 23.4. The first-order valence-electron chi connectivity index (χ1n) is 7.50. The van der Waals surface area contributed by atoms with Crippen LogP contribution in [0, 0.1) is 0 Å². The predicted octanol–water partition coefficient (Wildman–Crippen LogP) is 2.06. The summed E-state index contributed by atoms with van der Waals surface area (Å²) in [6.07, 6.45) is -0.482. The largest absolute Gasteiger partial charge is 0.462 e. The van der Waals surface area contributed by atoms with Crippen LogP contribution in [-0.2, 0) is 23.6 Å². The molecule has 2 N–H and O–H groups in total. The van der Waals surface area contributed by atoms with Gasteiger partial charge in [0.25, 0.3) is 0 Å². The van der Waals surface area contributed by atoms with E-state index < -0.39 is 25.4 Å². The summed E-state index contributed by atoms with van der Waals surface area (Å²) in [5.74, 6) is -0.975. The van der Waals surface area contributed by atoms with Gasteiger partial charge in [0.2, 0.25) is 7.44 Å². The first-order chi connectivity index (χ1) is 9.97. The van der Waals surface area contributed by atoms with Gasteiger partial charge in [-0.25, -0.2) is 10.2 Å². The molecule has 0 aliphatic heterocycles. The van der Waals surface area contributed by atoms with E-state index >= 15 is 0 Å². The standard InChI is InChI=1S/C14H29N2O5P/c1-9(2)20-13(17)8-15-22(19,11(5)6)16-12(7)14(18)21-10(3)4/h9-12H,8H2,1-7H3,(H2,15,16,19)/t12-,22?/m0/s1. The lowest BCUT2D eigenvalue weighted by Gasteiger charge is -2.27. The number of hydrogen-bond acceptors (Lipinski definition) is 5. The second kappa shape index (κ2) is 9.28. The molecule has 130 valence electrons. The number of hydrogen-bond donors (Lipinski definition) is 2. The summed E-state index contributed by atoms with van der Waals surface area (Å²) in [5.41, 5.74) is -0.298. The number of carbonyl (C=O) groups is 2. The van der Waals surface area contributed by atoms with E-state index in [0.717, 1.165) is 0 Å². The van der Waals surface area contributed by atoms with E-state index in [4.69, 9.17) is 9.47 Å². The Morgan fingerprint density at radius 2 is 1.45 bits per heavy atom. The molecule has 0 saturated carbocycles. The lowest BCUT2D eigenvalue weighted by Crippen LogP contribution is -2.41. The second-order valence-corrected chi connectivity index (χ2v) is 8.88. The quantitative estimate of drug-likeness (QED) is 0.491. The molecular weight excluding hydrogens is 307 g/mol. The Balaban J connectivity index is 4.72. The third kappa shape index (κ3) is 7.92. The van der Waals surface area contributed by atoms with Crippen molar-refractivity contribution in [1.29, 1.82) is 0 Å². The molecule has 0 spiro atoms. The molecule has 0 aliphatic carbocycles. The van der Waals surface area contributed by atoms with Gasteiger partial charge in [-0.3, -0.25) is 14.2 Å². The Kier molecular flexibility index (Phi) is 8.89. The van der Waals surface area contributed by atoms with Crippen LogP contribution in [0.4, 0.5) is 0 Å². The van der Waals surface area contributed by atoms with Gasteiger partial charge in [0.15, 0.2) is 0 Å². The monoisotopic (exact) mass is 336 g/mol. The molecule has 0 saturated heterocycles. The molecule has 0 rings (SSSR count). The van der Waals surface area contributed by atoms with E-state index in [9.17, 15) is 14.2 Å². The highest BCUT2D eigenvalue weighted by molar-refractivity contribution is 7.60. The molecule has 8 heteroatoms. The normalized spacial score (nSPS) is 15.7. The average Bonchev–Trinajstić information content (AvgIpc) is 2.34. The van der Waals surface area contributed by atoms with Crippen LogP contribution in [-0.4, -0.2) is 42.4 Å². The Morgan fingerprint density at radius 3 is 1.86 bits per heavy atom. The van der Waals surface area contributed by atoms with Crippen LogP contribution in [0.5, 0.6) is 0 Å². The summed E-state index contributed by atoms with van der Waals surface area (Å²) >= 11 is 0. The van der Waals surface area contributed by atoms with E-state index in [0.29, 0.717) is 0 Å². The summed E-state index contributed by atoms with van der Waals surface area (Å²) in [6, 6.07) is -0.746. The maximum absolute atomic E-state index is 12.9. The third-order valence-corrected chi connectivity index (χ3v) is 5.50. The Hall–Kier alpha value is -0.910. The topological polar surface area (TPSA) is 93.7 Å². The van der Waals surface area contributed by atoms with Gasteiger partial charge in [-0.05, 0) is 34.6 Å². The molecule has 0 aromatic heterocycles. The van der Waals surface area contributed by atoms with Crippen LogP contribution in [0.1, 0.15) is 48.5 Å². The fraction of sp³-hybridized carbons (Fsp3) is 0.857. The maximum atomic E-state index is 12.9. The van der Waals surface area contributed by atoms with Gasteiger partial charge in [0.05, 0.1) is 12.2 Å². The zero-order chi connectivity index (χ0) is 17.5. The minimum atomic E-state index is -3.14. The van der Waals surface area contributed by atoms with Crippen molar-refractivity contribution in [2.75, 3.05) is 6.54 Å². The van der Waals surface area contributed by atoms with Gasteiger partial charge in [0.1, 0.15) is 12.6 Å². The number of ether oxygens (including phenoxy) is 2. The van der Waals surface area contributed by atoms with E-state index in [-0.39, 0.29) is 24.4 Å². The fourth-order valence-electron chi connectivity index (χ4n) is 1.54. The van der Waals surface area contributed by atoms with Crippen molar-refractivity contribution in [1.82, 2.24) is 10.2 Å². The highest BCUT2D eigenvalue weighted by Gasteiger charge is 2.31. The summed E-state index contributed by atoms with van der Waals surface area (Å²) in [6.45, 7) is 11.8. The van der Waals surface area contributed by atoms with E-state index in [1.165, 1.54) is 0 Å². The van der Waals surface area contributed by atoms with Gasteiger partial charge < -0.3 is 9.47 Å².